The highest BCUT2D eigenvalue weighted by atomic mass is 28.4. The van der Waals surface area contributed by atoms with Gasteiger partial charge in [0.05, 0.1) is 6.23 Å². The molecule has 0 aromatic heterocycles. The molecule has 0 radical (unpaired) electrons. The summed E-state index contributed by atoms with van der Waals surface area (Å²) in [5, 5.41) is 10.4. The number of hydrogen-bond donors (Lipinski definition) is 1. The molecule has 0 aliphatic heterocycles. The van der Waals surface area contributed by atoms with Gasteiger partial charge in [-0.1, -0.05) is 38.1 Å². The zero-order valence-electron chi connectivity index (χ0n) is 10.4. The van der Waals surface area contributed by atoms with Crippen molar-refractivity contribution in [1.82, 2.24) is 0 Å². The Hall–Kier alpha value is -0.683. The first-order valence-corrected chi connectivity index (χ1v) is 7.43. The van der Waals surface area contributed by atoms with E-state index in [1.807, 2.05) is 12.1 Å². The lowest BCUT2D eigenvalue weighted by Crippen LogP contribution is -2.56. The van der Waals surface area contributed by atoms with Gasteiger partial charge in [0.25, 0.3) is 0 Å². The molecule has 0 spiro atoms. The van der Waals surface area contributed by atoms with Crippen LogP contribution in [0.25, 0.3) is 0 Å². The molecule has 0 saturated heterocycles. The van der Waals surface area contributed by atoms with E-state index in [4.69, 9.17) is 8.85 Å². The molecular weight excluding hydrogens is 220 g/mol. The van der Waals surface area contributed by atoms with Crippen LogP contribution in [-0.2, 0) is 8.85 Å². The lowest BCUT2D eigenvalue weighted by Gasteiger charge is -2.25. The first-order chi connectivity index (χ1) is 7.59. The molecule has 0 aliphatic carbocycles. The fourth-order valence-electron chi connectivity index (χ4n) is 1.66. The number of aliphatic hydroxyl groups excluding tert-OH is 1. The van der Waals surface area contributed by atoms with Crippen LogP contribution >= 0.6 is 0 Å². The molecule has 1 aromatic rings. The van der Waals surface area contributed by atoms with Gasteiger partial charge in [0.15, 0.2) is 0 Å². The maximum absolute atomic E-state index is 9.42. The van der Waals surface area contributed by atoms with Crippen molar-refractivity contribution >= 4 is 13.7 Å². The molecule has 0 aliphatic rings. The van der Waals surface area contributed by atoms with Crippen molar-refractivity contribution in [2.75, 3.05) is 20.4 Å². The van der Waals surface area contributed by atoms with Crippen molar-refractivity contribution in [3.63, 3.8) is 0 Å². The van der Waals surface area contributed by atoms with Crippen molar-refractivity contribution < 1.29 is 14.0 Å². The van der Waals surface area contributed by atoms with Crippen LogP contribution in [0.5, 0.6) is 0 Å². The average molecular weight is 240 g/mol. The summed E-state index contributed by atoms with van der Waals surface area (Å²) >= 11 is 0. The van der Waals surface area contributed by atoms with Crippen LogP contribution in [0.3, 0.4) is 0 Å². The molecule has 1 N–H and O–H groups in total. The van der Waals surface area contributed by atoms with E-state index in [1.165, 1.54) is 5.56 Å². The monoisotopic (exact) mass is 240 g/mol. The van der Waals surface area contributed by atoms with E-state index >= 15 is 0 Å². The summed E-state index contributed by atoms with van der Waals surface area (Å²) in [7, 11) is 0.576. The summed E-state index contributed by atoms with van der Waals surface area (Å²) in [5.74, 6) is 0.504. The summed E-state index contributed by atoms with van der Waals surface area (Å²) in [6.45, 7) is 4.30. The highest BCUT2D eigenvalue weighted by Crippen LogP contribution is 2.14. The minimum absolute atomic E-state index is 0.0684. The summed E-state index contributed by atoms with van der Waals surface area (Å²) in [4.78, 5) is 0. The Balaban J connectivity index is 3.03. The molecule has 0 atom stereocenters. The summed E-state index contributed by atoms with van der Waals surface area (Å²) in [6, 6.07) is 8.11. The molecule has 0 heterocycles. The molecule has 16 heavy (non-hydrogen) atoms. The number of aliphatic hydroxyl groups is 1. The maximum Gasteiger partial charge on any atom is 0.398 e. The van der Waals surface area contributed by atoms with Gasteiger partial charge in [-0.25, -0.2) is 0 Å². The van der Waals surface area contributed by atoms with Crippen LogP contribution in [0.4, 0.5) is 0 Å². The lowest BCUT2D eigenvalue weighted by atomic mass is 10.0. The van der Waals surface area contributed by atoms with E-state index in [9.17, 15) is 5.11 Å². The van der Waals surface area contributed by atoms with Gasteiger partial charge < -0.3 is 14.0 Å². The summed E-state index contributed by atoms with van der Waals surface area (Å²) in [5.41, 5.74) is 1.27. The Morgan fingerprint density at radius 3 is 1.94 bits per heavy atom. The van der Waals surface area contributed by atoms with Crippen LogP contribution in [0.2, 0.25) is 0 Å². The predicted octanol–water partition coefficient (Wildman–Crippen LogP) is 1.28. The van der Waals surface area contributed by atoms with Gasteiger partial charge in [0, 0.05) is 14.2 Å². The van der Waals surface area contributed by atoms with Gasteiger partial charge in [-0.05, 0) is 16.7 Å². The Morgan fingerprint density at radius 2 is 1.62 bits per heavy atom. The molecule has 0 bridgehead atoms. The van der Waals surface area contributed by atoms with Crippen LogP contribution in [0.1, 0.15) is 25.3 Å². The molecular formula is C12H20O3Si. The largest absolute Gasteiger partial charge is 0.398 e. The van der Waals surface area contributed by atoms with Gasteiger partial charge >= 0.3 is 8.56 Å². The van der Waals surface area contributed by atoms with Gasteiger partial charge in [-0.3, -0.25) is 0 Å². The minimum atomic E-state index is -2.60. The molecule has 0 amide bonds. The van der Waals surface area contributed by atoms with Crippen molar-refractivity contribution in [3.05, 3.63) is 29.8 Å². The van der Waals surface area contributed by atoms with Crippen molar-refractivity contribution in [1.29, 1.82) is 0 Å². The normalized spacial score (nSPS) is 12.1. The van der Waals surface area contributed by atoms with E-state index in [0.717, 1.165) is 5.19 Å². The van der Waals surface area contributed by atoms with E-state index in [1.54, 1.807) is 14.2 Å². The quantitative estimate of drug-likeness (QED) is 0.788. The molecule has 0 fully saturated rings. The smallest absolute Gasteiger partial charge is 0.394 e. The fourth-order valence-corrected chi connectivity index (χ4v) is 3.41. The second-order valence-electron chi connectivity index (χ2n) is 4.10. The number of benzene rings is 1. The molecule has 4 heteroatoms. The third-order valence-corrected chi connectivity index (χ3v) is 5.83. The lowest BCUT2D eigenvalue weighted by molar-refractivity contribution is 0.211. The van der Waals surface area contributed by atoms with Gasteiger partial charge in [0.2, 0.25) is 0 Å². The molecule has 0 saturated carbocycles. The first kappa shape index (κ1) is 13.4. The Morgan fingerprint density at radius 1 is 1.12 bits per heavy atom. The highest BCUT2D eigenvalue weighted by Gasteiger charge is 2.37. The van der Waals surface area contributed by atoms with E-state index < -0.39 is 8.56 Å². The number of hydrogen-bond acceptors (Lipinski definition) is 3. The Kier molecular flexibility index (Phi) is 4.67. The summed E-state index contributed by atoms with van der Waals surface area (Å²) in [6.07, 6.45) is -0.0684. The van der Waals surface area contributed by atoms with E-state index in [0.29, 0.717) is 5.92 Å². The van der Waals surface area contributed by atoms with E-state index in [2.05, 4.69) is 26.0 Å². The van der Waals surface area contributed by atoms with E-state index in [-0.39, 0.29) is 6.23 Å². The molecule has 1 aromatic carbocycles. The SMILES string of the molecule is CO[Si](CO)(OC)c1ccc(C(C)C)cc1. The van der Waals surface area contributed by atoms with Crippen LogP contribution in [-0.4, -0.2) is 34.1 Å². The standard InChI is InChI=1S/C12H20O3Si/c1-10(2)11-5-7-12(8-6-11)16(9-13,14-3)15-4/h5-8,10,13H,9H2,1-4H3. The Labute approximate surface area is 98.3 Å². The topological polar surface area (TPSA) is 38.7 Å². The molecule has 3 nitrogen and oxygen atoms in total. The van der Waals surface area contributed by atoms with Crippen LogP contribution in [0.15, 0.2) is 24.3 Å². The molecule has 0 unspecified atom stereocenters. The molecule has 90 valence electrons. The molecule has 1 rings (SSSR count). The van der Waals surface area contributed by atoms with Gasteiger partial charge in [0.1, 0.15) is 0 Å². The second-order valence-corrected chi connectivity index (χ2v) is 7.31. The second kappa shape index (κ2) is 5.59. The zero-order valence-corrected chi connectivity index (χ0v) is 11.4. The van der Waals surface area contributed by atoms with Crippen LogP contribution in [0, 0.1) is 0 Å². The zero-order chi connectivity index (χ0) is 12.2. The third-order valence-electron chi connectivity index (χ3n) is 2.88. The summed E-state index contributed by atoms with van der Waals surface area (Å²) < 4.78 is 10.8. The number of rotatable bonds is 5. The fraction of sp³-hybridized carbons (Fsp3) is 0.500. The minimum Gasteiger partial charge on any atom is -0.394 e. The van der Waals surface area contributed by atoms with Gasteiger partial charge in [-0.15, -0.1) is 0 Å². The Bertz CT molecular complexity index is 309. The first-order valence-electron chi connectivity index (χ1n) is 5.41. The van der Waals surface area contributed by atoms with Crippen molar-refractivity contribution in [3.8, 4) is 0 Å². The van der Waals surface area contributed by atoms with Crippen molar-refractivity contribution in [2.45, 2.75) is 19.8 Å². The predicted molar refractivity (Wildman–Crippen MR) is 67.0 cm³/mol. The highest BCUT2D eigenvalue weighted by molar-refractivity contribution is 6.80. The van der Waals surface area contributed by atoms with Crippen LogP contribution < -0.4 is 5.19 Å². The third kappa shape index (κ3) is 2.52. The maximum atomic E-state index is 9.42. The van der Waals surface area contributed by atoms with Gasteiger partial charge in [-0.2, -0.15) is 0 Å². The average Bonchev–Trinajstić information content (AvgIpc) is 2.33. The van der Waals surface area contributed by atoms with Crippen molar-refractivity contribution in [2.24, 2.45) is 0 Å².